The van der Waals surface area contributed by atoms with Crippen LogP contribution in [-0.4, -0.2) is 58.2 Å². The van der Waals surface area contributed by atoms with E-state index in [0.29, 0.717) is 37.8 Å². The van der Waals surface area contributed by atoms with Crippen molar-refractivity contribution in [3.63, 3.8) is 0 Å². The van der Waals surface area contributed by atoms with Crippen LogP contribution in [0.2, 0.25) is 0 Å². The Morgan fingerprint density at radius 3 is 2.43 bits per heavy atom. The average Bonchev–Trinajstić information content (AvgIpc) is 2.45. The molecule has 0 amide bonds. The van der Waals surface area contributed by atoms with Gasteiger partial charge in [0.2, 0.25) is 0 Å². The zero-order chi connectivity index (χ0) is 15.6. The molecule has 1 aliphatic heterocycles. The van der Waals surface area contributed by atoms with Crippen LogP contribution >= 0.6 is 0 Å². The molecule has 1 aromatic heterocycles. The number of aromatic nitrogens is 2. The number of rotatable bonds is 4. The van der Waals surface area contributed by atoms with Gasteiger partial charge in [0, 0.05) is 38.2 Å². The molecule has 116 valence electrons. The Morgan fingerprint density at radius 1 is 1.29 bits per heavy atom. The zero-order valence-corrected chi connectivity index (χ0v) is 12.7. The highest BCUT2D eigenvalue weighted by atomic mass is 16.4. The van der Waals surface area contributed by atoms with E-state index in [1.807, 2.05) is 23.6 Å². The number of nitrogens with zero attached hydrogens (tertiary/aromatic N) is 3. The van der Waals surface area contributed by atoms with Crippen molar-refractivity contribution >= 4 is 11.8 Å². The predicted octanol–water partition coefficient (Wildman–Crippen LogP) is 0.488. The summed E-state index contributed by atoms with van der Waals surface area (Å²) in [5.41, 5.74) is -0.148. The summed E-state index contributed by atoms with van der Waals surface area (Å²) in [6.07, 6.45) is 0. The number of hydrogen-bond donors (Lipinski definition) is 2. The third-order valence-corrected chi connectivity index (χ3v) is 3.84. The summed E-state index contributed by atoms with van der Waals surface area (Å²) in [6.45, 7) is 8.30. The Labute approximate surface area is 123 Å². The van der Waals surface area contributed by atoms with Gasteiger partial charge in [-0.25, -0.2) is 4.98 Å². The first-order valence-electron chi connectivity index (χ1n) is 7.21. The zero-order valence-electron chi connectivity index (χ0n) is 12.7. The number of aliphatic carboxylic acids is 1. The molecule has 1 saturated heterocycles. The first kappa shape index (κ1) is 15.5. The van der Waals surface area contributed by atoms with E-state index in [2.05, 4.69) is 9.97 Å². The average molecular weight is 294 g/mol. The number of carbonyl (C=O) groups is 1. The fourth-order valence-corrected chi connectivity index (χ4v) is 2.39. The first-order valence-corrected chi connectivity index (χ1v) is 7.21. The molecule has 21 heavy (non-hydrogen) atoms. The van der Waals surface area contributed by atoms with Gasteiger partial charge in [-0.05, 0) is 6.92 Å². The second-order valence-electron chi connectivity index (χ2n) is 5.68. The van der Waals surface area contributed by atoms with Crippen LogP contribution in [0.3, 0.4) is 0 Å². The molecule has 0 aliphatic carbocycles. The van der Waals surface area contributed by atoms with Crippen LogP contribution in [-0.2, 0) is 4.79 Å². The van der Waals surface area contributed by atoms with Gasteiger partial charge in [-0.3, -0.25) is 14.5 Å². The van der Waals surface area contributed by atoms with E-state index in [1.165, 1.54) is 6.07 Å². The second-order valence-corrected chi connectivity index (χ2v) is 5.68. The summed E-state index contributed by atoms with van der Waals surface area (Å²) in [6, 6.07) is 1.02. The largest absolute Gasteiger partial charge is 0.480 e. The first-order chi connectivity index (χ1) is 9.88. The fourth-order valence-electron chi connectivity index (χ4n) is 2.39. The normalized spacial score (nSPS) is 18.0. The van der Waals surface area contributed by atoms with Crippen molar-refractivity contribution in [2.24, 2.45) is 0 Å². The van der Waals surface area contributed by atoms with Crippen molar-refractivity contribution in [2.75, 3.05) is 31.1 Å². The van der Waals surface area contributed by atoms with Crippen LogP contribution in [0.4, 0.5) is 5.82 Å². The van der Waals surface area contributed by atoms with Crippen molar-refractivity contribution in [1.29, 1.82) is 0 Å². The Balaban J connectivity index is 2.09. The summed E-state index contributed by atoms with van der Waals surface area (Å²) >= 11 is 0. The number of anilines is 1. The number of piperazine rings is 1. The van der Waals surface area contributed by atoms with Crippen molar-refractivity contribution in [2.45, 2.75) is 32.7 Å². The van der Waals surface area contributed by atoms with E-state index in [0.717, 1.165) is 0 Å². The van der Waals surface area contributed by atoms with E-state index < -0.39 is 12.0 Å². The Morgan fingerprint density at radius 2 is 1.90 bits per heavy atom. The molecule has 1 aliphatic rings. The Hall–Kier alpha value is -1.89. The van der Waals surface area contributed by atoms with Gasteiger partial charge < -0.3 is 15.0 Å². The van der Waals surface area contributed by atoms with Crippen LogP contribution in [0.25, 0.3) is 0 Å². The molecule has 0 aromatic carbocycles. The molecule has 1 aromatic rings. The third-order valence-electron chi connectivity index (χ3n) is 3.84. The summed E-state index contributed by atoms with van der Waals surface area (Å²) in [4.78, 5) is 33.9. The fraction of sp³-hybridized carbons (Fsp3) is 0.643. The minimum Gasteiger partial charge on any atom is -0.480 e. The number of H-pyrrole nitrogens is 1. The maximum Gasteiger partial charge on any atom is 0.320 e. The van der Waals surface area contributed by atoms with E-state index in [4.69, 9.17) is 5.11 Å². The predicted molar refractivity (Wildman–Crippen MR) is 79.8 cm³/mol. The van der Waals surface area contributed by atoms with Gasteiger partial charge in [-0.1, -0.05) is 13.8 Å². The quantitative estimate of drug-likeness (QED) is 0.840. The van der Waals surface area contributed by atoms with Crippen LogP contribution in [0.1, 0.15) is 32.5 Å². The molecular weight excluding hydrogens is 272 g/mol. The molecule has 7 heteroatoms. The van der Waals surface area contributed by atoms with E-state index in [9.17, 15) is 9.59 Å². The molecule has 1 fully saturated rings. The molecule has 0 radical (unpaired) electrons. The number of carboxylic acid groups (broad SMARTS) is 1. The molecule has 7 nitrogen and oxygen atoms in total. The number of aromatic amines is 1. The van der Waals surface area contributed by atoms with E-state index in [1.54, 1.807) is 6.92 Å². The van der Waals surface area contributed by atoms with Gasteiger partial charge in [0.15, 0.2) is 0 Å². The monoisotopic (exact) mass is 294 g/mol. The van der Waals surface area contributed by atoms with Crippen LogP contribution in [0, 0.1) is 0 Å². The van der Waals surface area contributed by atoms with Gasteiger partial charge in [-0.15, -0.1) is 0 Å². The molecule has 2 heterocycles. The van der Waals surface area contributed by atoms with Crippen molar-refractivity contribution < 1.29 is 9.90 Å². The Kier molecular flexibility index (Phi) is 4.62. The van der Waals surface area contributed by atoms with Crippen LogP contribution < -0.4 is 10.5 Å². The molecule has 0 bridgehead atoms. The highest BCUT2D eigenvalue weighted by molar-refractivity contribution is 5.72. The van der Waals surface area contributed by atoms with Crippen molar-refractivity contribution in [3.8, 4) is 0 Å². The lowest BCUT2D eigenvalue weighted by Gasteiger charge is -2.37. The minimum atomic E-state index is -0.806. The highest BCUT2D eigenvalue weighted by Gasteiger charge is 2.26. The van der Waals surface area contributed by atoms with Gasteiger partial charge in [0.1, 0.15) is 17.7 Å². The lowest BCUT2D eigenvalue weighted by molar-refractivity contribution is -0.142. The van der Waals surface area contributed by atoms with Crippen LogP contribution in [0.15, 0.2) is 10.9 Å². The lowest BCUT2D eigenvalue weighted by atomic mass is 10.2. The van der Waals surface area contributed by atoms with Gasteiger partial charge in [-0.2, -0.15) is 0 Å². The van der Waals surface area contributed by atoms with E-state index in [-0.39, 0.29) is 11.5 Å². The molecular formula is C14H22N4O3. The van der Waals surface area contributed by atoms with Gasteiger partial charge in [0.05, 0.1) is 0 Å². The third kappa shape index (κ3) is 3.60. The van der Waals surface area contributed by atoms with Crippen molar-refractivity contribution in [1.82, 2.24) is 14.9 Å². The van der Waals surface area contributed by atoms with Gasteiger partial charge >= 0.3 is 5.97 Å². The van der Waals surface area contributed by atoms with Crippen LogP contribution in [0.5, 0.6) is 0 Å². The number of hydrogen-bond acceptors (Lipinski definition) is 5. The maximum atomic E-state index is 11.7. The topological polar surface area (TPSA) is 89.5 Å². The summed E-state index contributed by atoms with van der Waals surface area (Å²) in [7, 11) is 0. The second kappa shape index (κ2) is 6.26. The molecule has 1 atom stereocenters. The standard InChI is InChI=1S/C14H22N4O3/c1-9(2)13-15-11(8-12(19)16-13)18-6-4-17(5-7-18)10(3)14(20)21/h8-10H,4-7H2,1-3H3,(H,20,21)(H,15,16,19). The van der Waals surface area contributed by atoms with E-state index >= 15 is 0 Å². The summed E-state index contributed by atoms with van der Waals surface area (Å²) < 4.78 is 0. The minimum absolute atomic E-state index is 0.148. The number of nitrogens with one attached hydrogen (secondary N) is 1. The maximum absolute atomic E-state index is 11.7. The lowest BCUT2D eigenvalue weighted by Crippen LogP contribution is -2.52. The Bertz CT molecular complexity index is 562. The smallest absolute Gasteiger partial charge is 0.320 e. The van der Waals surface area contributed by atoms with Gasteiger partial charge in [0.25, 0.3) is 5.56 Å². The molecule has 0 saturated carbocycles. The number of carboxylic acids is 1. The molecule has 2 N–H and O–H groups in total. The summed E-state index contributed by atoms with van der Waals surface area (Å²) in [5.74, 6) is 0.703. The SMILES string of the molecule is CC(C)c1nc(N2CCN(C(C)C(=O)O)CC2)cc(=O)[nH]1. The molecule has 2 rings (SSSR count). The summed E-state index contributed by atoms with van der Waals surface area (Å²) in [5, 5.41) is 9.04. The highest BCUT2D eigenvalue weighted by Crippen LogP contribution is 2.16. The van der Waals surface area contributed by atoms with Crippen molar-refractivity contribution in [3.05, 3.63) is 22.2 Å². The molecule has 0 spiro atoms. The molecule has 1 unspecified atom stereocenters.